The summed E-state index contributed by atoms with van der Waals surface area (Å²) in [7, 11) is -3.16. The van der Waals surface area contributed by atoms with Crippen molar-refractivity contribution in [3.05, 3.63) is 22.7 Å². The Balaban J connectivity index is 2.63. The highest BCUT2D eigenvalue weighted by Crippen LogP contribution is 2.23. The molecule has 0 aliphatic carbocycles. The molecule has 0 heterocycles. The van der Waals surface area contributed by atoms with Crippen LogP contribution < -0.4 is 10.5 Å². The summed E-state index contributed by atoms with van der Waals surface area (Å²) in [5, 5.41) is 0. The Morgan fingerprint density at radius 2 is 1.89 bits per heavy atom. The van der Waals surface area contributed by atoms with Crippen molar-refractivity contribution in [2.45, 2.75) is 25.5 Å². The van der Waals surface area contributed by atoms with E-state index in [9.17, 15) is 8.42 Å². The summed E-state index contributed by atoms with van der Waals surface area (Å²) >= 11 is 3.30. The standard InChI is InChI=1S/C12H18BrNO3S/c1-12(2,3)18(15,16)5-4-17-11-7-9(13)6-10(14)8-11/h6-8H,4-5,14H2,1-3H3. The van der Waals surface area contributed by atoms with Crippen molar-refractivity contribution < 1.29 is 13.2 Å². The lowest BCUT2D eigenvalue weighted by molar-refractivity contribution is 0.339. The molecule has 0 saturated heterocycles. The number of anilines is 1. The highest BCUT2D eigenvalue weighted by atomic mass is 79.9. The monoisotopic (exact) mass is 335 g/mol. The lowest BCUT2D eigenvalue weighted by atomic mass is 10.3. The molecule has 4 nitrogen and oxygen atoms in total. The van der Waals surface area contributed by atoms with Crippen molar-refractivity contribution in [2.24, 2.45) is 0 Å². The zero-order chi connectivity index (χ0) is 14.0. The molecule has 18 heavy (non-hydrogen) atoms. The van der Waals surface area contributed by atoms with Crippen LogP contribution in [0, 0.1) is 0 Å². The smallest absolute Gasteiger partial charge is 0.158 e. The normalized spacial score (nSPS) is 12.4. The molecule has 0 spiro atoms. The Morgan fingerprint density at radius 3 is 2.39 bits per heavy atom. The highest BCUT2D eigenvalue weighted by Gasteiger charge is 2.28. The second kappa shape index (κ2) is 5.48. The summed E-state index contributed by atoms with van der Waals surface area (Å²) in [6, 6.07) is 5.16. The predicted molar refractivity (Wildman–Crippen MR) is 77.6 cm³/mol. The maximum absolute atomic E-state index is 11.9. The van der Waals surface area contributed by atoms with Gasteiger partial charge in [0.25, 0.3) is 0 Å². The van der Waals surface area contributed by atoms with E-state index in [-0.39, 0.29) is 12.4 Å². The first-order chi connectivity index (χ1) is 8.12. The zero-order valence-corrected chi connectivity index (χ0v) is 13.1. The number of hydrogen-bond donors (Lipinski definition) is 1. The van der Waals surface area contributed by atoms with Crippen LogP contribution in [0.25, 0.3) is 0 Å². The van der Waals surface area contributed by atoms with E-state index >= 15 is 0 Å². The van der Waals surface area contributed by atoms with Crippen molar-refractivity contribution in [3.63, 3.8) is 0 Å². The number of nitrogen functional groups attached to an aromatic ring is 1. The summed E-state index contributed by atoms with van der Waals surface area (Å²) in [6.07, 6.45) is 0. The molecule has 2 N–H and O–H groups in total. The summed E-state index contributed by atoms with van der Waals surface area (Å²) in [6.45, 7) is 5.16. The van der Waals surface area contributed by atoms with Crippen LogP contribution in [-0.2, 0) is 9.84 Å². The lowest BCUT2D eigenvalue weighted by Gasteiger charge is -2.19. The van der Waals surface area contributed by atoms with Crippen molar-refractivity contribution in [2.75, 3.05) is 18.1 Å². The third-order valence-corrected chi connectivity index (χ3v) is 5.48. The van der Waals surface area contributed by atoms with Crippen LogP contribution >= 0.6 is 15.9 Å². The van der Waals surface area contributed by atoms with E-state index in [1.165, 1.54) is 0 Å². The van der Waals surface area contributed by atoms with Crippen LogP contribution in [0.2, 0.25) is 0 Å². The van der Waals surface area contributed by atoms with Gasteiger partial charge in [-0.25, -0.2) is 8.42 Å². The van der Waals surface area contributed by atoms with Crippen molar-refractivity contribution >= 4 is 31.5 Å². The van der Waals surface area contributed by atoms with E-state index in [4.69, 9.17) is 10.5 Å². The molecule has 102 valence electrons. The molecule has 0 atom stereocenters. The fraction of sp³-hybridized carbons (Fsp3) is 0.500. The van der Waals surface area contributed by atoms with Gasteiger partial charge in [0.05, 0.1) is 10.5 Å². The molecule has 1 rings (SSSR count). The Bertz CT molecular complexity index is 500. The maximum Gasteiger partial charge on any atom is 0.158 e. The summed E-state index contributed by atoms with van der Waals surface area (Å²) in [5.41, 5.74) is 6.23. The molecule has 6 heteroatoms. The summed E-state index contributed by atoms with van der Waals surface area (Å²) < 4.78 is 29.2. The number of sulfone groups is 1. The number of benzene rings is 1. The predicted octanol–water partition coefficient (Wildman–Crippen LogP) is 2.62. The molecule has 0 saturated carbocycles. The molecule has 0 bridgehead atoms. The maximum atomic E-state index is 11.9. The Morgan fingerprint density at radius 1 is 1.28 bits per heavy atom. The average molecular weight is 336 g/mol. The van der Waals surface area contributed by atoms with Gasteiger partial charge in [-0.1, -0.05) is 15.9 Å². The summed E-state index contributed by atoms with van der Waals surface area (Å²) in [5.74, 6) is 0.550. The van der Waals surface area contributed by atoms with Crippen LogP contribution in [0.5, 0.6) is 5.75 Å². The van der Waals surface area contributed by atoms with Gasteiger partial charge in [-0.3, -0.25) is 0 Å². The van der Waals surface area contributed by atoms with E-state index in [1.54, 1.807) is 39.0 Å². The van der Waals surface area contributed by atoms with Crippen molar-refractivity contribution in [1.29, 1.82) is 0 Å². The van der Waals surface area contributed by atoms with Crippen LogP contribution in [0.4, 0.5) is 5.69 Å². The van der Waals surface area contributed by atoms with Gasteiger partial charge >= 0.3 is 0 Å². The van der Waals surface area contributed by atoms with E-state index in [2.05, 4.69) is 15.9 Å². The molecule has 1 aromatic rings. The first-order valence-corrected chi connectivity index (χ1v) is 7.97. The Labute approximate surface area is 117 Å². The van der Waals surface area contributed by atoms with Gasteiger partial charge in [0, 0.05) is 16.2 Å². The molecule has 0 aliphatic heterocycles. The molecular weight excluding hydrogens is 318 g/mol. The Hall–Kier alpha value is -0.750. The van der Waals surface area contributed by atoms with Crippen molar-refractivity contribution in [3.8, 4) is 5.75 Å². The third-order valence-electron chi connectivity index (χ3n) is 2.45. The first-order valence-electron chi connectivity index (χ1n) is 5.53. The van der Waals surface area contributed by atoms with Crippen LogP contribution in [0.15, 0.2) is 22.7 Å². The fourth-order valence-electron chi connectivity index (χ4n) is 1.24. The minimum absolute atomic E-state index is 0.0110. The Kier molecular flexibility index (Phi) is 4.66. The molecule has 0 fully saturated rings. The van der Waals surface area contributed by atoms with E-state index in [0.29, 0.717) is 11.4 Å². The topological polar surface area (TPSA) is 69.4 Å². The fourth-order valence-corrected chi connectivity index (χ4v) is 2.65. The quantitative estimate of drug-likeness (QED) is 0.858. The molecule has 0 radical (unpaired) electrons. The van der Waals surface area contributed by atoms with Crippen LogP contribution in [-0.4, -0.2) is 25.5 Å². The van der Waals surface area contributed by atoms with Gasteiger partial charge in [0.1, 0.15) is 12.4 Å². The third kappa shape index (κ3) is 4.17. The van der Waals surface area contributed by atoms with Crippen LogP contribution in [0.3, 0.4) is 0 Å². The van der Waals surface area contributed by atoms with Gasteiger partial charge in [-0.2, -0.15) is 0 Å². The minimum Gasteiger partial charge on any atom is -0.492 e. The largest absolute Gasteiger partial charge is 0.492 e. The number of nitrogens with two attached hydrogens (primary N) is 1. The number of ether oxygens (including phenoxy) is 1. The molecule has 1 aromatic carbocycles. The van der Waals surface area contributed by atoms with E-state index < -0.39 is 14.6 Å². The number of hydrogen-bond acceptors (Lipinski definition) is 4. The molecule has 0 aliphatic rings. The number of halogens is 1. The van der Waals surface area contributed by atoms with Crippen molar-refractivity contribution in [1.82, 2.24) is 0 Å². The minimum atomic E-state index is -3.16. The van der Waals surface area contributed by atoms with Gasteiger partial charge in [-0.05, 0) is 32.9 Å². The van der Waals surface area contributed by atoms with E-state index in [1.807, 2.05) is 0 Å². The second-order valence-electron chi connectivity index (χ2n) is 5.00. The average Bonchev–Trinajstić information content (AvgIpc) is 2.13. The number of rotatable bonds is 4. The highest BCUT2D eigenvalue weighted by molar-refractivity contribution is 9.10. The SMILES string of the molecule is CC(C)(C)S(=O)(=O)CCOc1cc(N)cc(Br)c1. The van der Waals surface area contributed by atoms with Crippen LogP contribution in [0.1, 0.15) is 20.8 Å². The van der Waals surface area contributed by atoms with Gasteiger partial charge in [0.15, 0.2) is 9.84 Å². The van der Waals surface area contributed by atoms with Gasteiger partial charge in [-0.15, -0.1) is 0 Å². The van der Waals surface area contributed by atoms with Gasteiger partial charge < -0.3 is 10.5 Å². The van der Waals surface area contributed by atoms with Gasteiger partial charge in [0.2, 0.25) is 0 Å². The van der Waals surface area contributed by atoms with E-state index in [0.717, 1.165) is 4.47 Å². The molecular formula is C12H18BrNO3S. The molecule has 0 amide bonds. The molecule has 0 aromatic heterocycles. The zero-order valence-electron chi connectivity index (χ0n) is 10.7. The first kappa shape index (κ1) is 15.3. The molecule has 0 unspecified atom stereocenters. The lowest BCUT2D eigenvalue weighted by Crippen LogP contribution is -2.32. The summed E-state index contributed by atoms with van der Waals surface area (Å²) in [4.78, 5) is 0. The second-order valence-corrected chi connectivity index (χ2v) is 8.78.